The average molecular weight is 248 g/mol. The summed E-state index contributed by atoms with van der Waals surface area (Å²) in [6, 6.07) is 4.08. The number of ether oxygens (including phenoxy) is 1. The van der Waals surface area contributed by atoms with Crippen LogP contribution in [0.2, 0.25) is 0 Å². The van der Waals surface area contributed by atoms with Crippen molar-refractivity contribution in [2.75, 3.05) is 26.7 Å². The van der Waals surface area contributed by atoms with Crippen molar-refractivity contribution >= 4 is 0 Å². The van der Waals surface area contributed by atoms with Crippen molar-refractivity contribution in [2.24, 2.45) is 0 Å². The number of aryl methyl sites for hydroxylation is 1. The summed E-state index contributed by atoms with van der Waals surface area (Å²) in [6.45, 7) is 2.46. The van der Waals surface area contributed by atoms with E-state index in [0.717, 1.165) is 31.6 Å². The second kappa shape index (κ2) is 4.96. The largest absolute Gasteiger partial charge is 0.390 e. The molecule has 4 heteroatoms. The molecule has 1 aliphatic heterocycles. The molecule has 3 unspecified atom stereocenters. The van der Waals surface area contributed by atoms with E-state index < -0.39 is 6.10 Å². The molecule has 3 atom stereocenters. The van der Waals surface area contributed by atoms with Crippen molar-refractivity contribution in [3.8, 4) is 0 Å². The second-order valence-corrected chi connectivity index (χ2v) is 5.36. The Labute approximate surface area is 108 Å². The zero-order valence-corrected chi connectivity index (χ0v) is 10.7. The number of aromatic nitrogens is 1. The fourth-order valence-electron chi connectivity index (χ4n) is 3.05. The van der Waals surface area contributed by atoms with Crippen molar-refractivity contribution in [1.29, 1.82) is 0 Å². The molecule has 0 bridgehead atoms. The SMILES string of the molecule is CN1CCOC(C(O)C2CCc3cccnc32)C1. The van der Waals surface area contributed by atoms with Crippen LogP contribution in [0.3, 0.4) is 0 Å². The predicted octanol–water partition coefficient (Wildman–Crippen LogP) is 0.803. The minimum Gasteiger partial charge on any atom is -0.390 e. The van der Waals surface area contributed by atoms with Crippen LogP contribution >= 0.6 is 0 Å². The molecule has 4 nitrogen and oxygen atoms in total. The van der Waals surface area contributed by atoms with E-state index in [-0.39, 0.29) is 12.0 Å². The Bertz CT molecular complexity index is 424. The molecule has 0 spiro atoms. The number of fused-ring (bicyclic) bond motifs is 1. The minimum atomic E-state index is -0.441. The van der Waals surface area contributed by atoms with Gasteiger partial charge in [0, 0.05) is 30.9 Å². The van der Waals surface area contributed by atoms with Crippen molar-refractivity contribution in [3.63, 3.8) is 0 Å². The lowest BCUT2D eigenvalue weighted by Crippen LogP contribution is -2.47. The van der Waals surface area contributed by atoms with Gasteiger partial charge in [0.1, 0.15) is 0 Å². The van der Waals surface area contributed by atoms with Crippen LogP contribution < -0.4 is 0 Å². The van der Waals surface area contributed by atoms with Gasteiger partial charge in [-0.25, -0.2) is 0 Å². The number of pyridine rings is 1. The van der Waals surface area contributed by atoms with Gasteiger partial charge in [0.2, 0.25) is 0 Å². The quantitative estimate of drug-likeness (QED) is 0.841. The average Bonchev–Trinajstić information content (AvgIpc) is 2.82. The molecule has 2 aliphatic rings. The highest BCUT2D eigenvalue weighted by Gasteiger charge is 2.36. The minimum absolute atomic E-state index is 0.0818. The van der Waals surface area contributed by atoms with Gasteiger partial charge < -0.3 is 14.7 Å². The molecule has 1 aromatic heterocycles. The summed E-state index contributed by atoms with van der Waals surface area (Å²) < 4.78 is 5.72. The number of rotatable bonds is 2. The maximum atomic E-state index is 10.5. The molecular formula is C14H20N2O2. The second-order valence-electron chi connectivity index (χ2n) is 5.36. The summed E-state index contributed by atoms with van der Waals surface area (Å²) in [4.78, 5) is 6.66. The van der Waals surface area contributed by atoms with Crippen LogP contribution in [-0.4, -0.2) is 53.9 Å². The summed E-state index contributed by atoms with van der Waals surface area (Å²) in [5.74, 6) is 0.137. The molecule has 1 fully saturated rings. The molecule has 18 heavy (non-hydrogen) atoms. The number of nitrogens with zero attached hydrogens (tertiary/aromatic N) is 2. The predicted molar refractivity (Wildman–Crippen MR) is 68.5 cm³/mol. The van der Waals surface area contributed by atoms with Gasteiger partial charge in [-0.1, -0.05) is 6.07 Å². The molecule has 1 N–H and O–H groups in total. The molecule has 0 radical (unpaired) electrons. The van der Waals surface area contributed by atoms with Gasteiger partial charge in [-0.3, -0.25) is 4.98 Å². The van der Waals surface area contributed by atoms with E-state index in [9.17, 15) is 5.11 Å². The molecule has 1 aromatic rings. The van der Waals surface area contributed by atoms with Crippen LogP contribution in [-0.2, 0) is 11.2 Å². The molecule has 1 saturated heterocycles. The van der Waals surface area contributed by atoms with Gasteiger partial charge in [0.15, 0.2) is 0 Å². The van der Waals surface area contributed by atoms with Gasteiger partial charge in [0.05, 0.1) is 18.8 Å². The van der Waals surface area contributed by atoms with Crippen LogP contribution in [0.4, 0.5) is 0 Å². The topological polar surface area (TPSA) is 45.6 Å². The number of hydrogen-bond acceptors (Lipinski definition) is 4. The van der Waals surface area contributed by atoms with Gasteiger partial charge in [-0.15, -0.1) is 0 Å². The summed E-state index contributed by atoms with van der Waals surface area (Å²) >= 11 is 0. The number of aliphatic hydroxyl groups excluding tert-OH is 1. The van der Waals surface area contributed by atoms with Crippen molar-refractivity contribution < 1.29 is 9.84 Å². The van der Waals surface area contributed by atoms with Crippen molar-refractivity contribution in [3.05, 3.63) is 29.6 Å². The first-order valence-corrected chi connectivity index (χ1v) is 6.67. The number of likely N-dealkylation sites (N-methyl/N-ethyl adjacent to an activating group) is 1. The van der Waals surface area contributed by atoms with E-state index in [1.165, 1.54) is 5.56 Å². The van der Waals surface area contributed by atoms with E-state index in [4.69, 9.17) is 4.74 Å². The fraction of sp³-hybridized carbons (Fsp3) is 0.643. The molecular weight excluding hydrogens is 228 g/mol. The van der Waals surface area contributed by atoms with Gasteiger partial charge in [-0.2, -0.15) is 0 Å². The van der Waals surface area contributed by atoms with E-state index in [2.05, 4.69) is 23.0 Å². The fourth-order valence-corrected chi connectivity index (χ4v) is 3.05. The molecule has 0 saturated carbocycles. The Hall–Kier alpha value is -0.970. The van der Waals surface area contributed by atoms with Crippen molar-refractivity contribution in [2.45, 2.75) is 31.0 Å². The highest BCUT2D eigenvalue weighted by Crippen LogP contribution is 2.35. The lowest BCUT2D eigenvalue weighted by molar-refractivity contribution is -0.0909. The zero-order chi connectivity index (χ0) is 12.5. The Morgan fingerprint density at radius 2 is 2.44 bits per heavy atom. The molecule has 0 amide bonds. The van der Waals surface area contributed by atoms with E-state index in [1.54, 1.807) is 0 Å². The lowest BCUT2D eigenvalue weighted by atomic mass is 9.94. The Morgan fingerprint density at radius 3 is 3.28 bits per heavy atom. The summed E-state index contributed by atoms with van der Waals surface area (Å²) in [6.07, 6.45) is 3.30. The highest BCUT2D eigenvalue weighted by molar-refractivity contribution is 5.29. The number of morpholine rings is 1. The highest BCUT2D eigenvalue weighted by atomic mass is 16.5. The van der Waals surface area contributed by atoms with Crippen LogP contribution in [0.5, 0.6) is 0 Å². The molecule has 98 valence electrons. The van der Waals surface area contributed by atoms with E-state index in [1.807, 2.05) is 12.3 Å². The maximum Gasteiger partial charge on any atom is 0.0967 e. The Kier molecular flexibility index (Phi) is 3.33. The molecule has 3 rings (SSSR count). The molecule has 2 heterocycles. The van der Waals surface area contributed by atoms with Gasteiger partial charge in [0.25, 0.3) is 0 Å². The summed E-state index contributed by atoms with van der Waals surface area (Å²) in [5.41, 5.74) is 2.35. The third kappa shape index (κ3) is 2.16. The van der Waals surface area contributed by atoms with Crippen LogP contribution in [0.25, 0.3) is 0 Å². The monoisotopic (exact) mass is 248 g/mol. The third-order valence-corrected chi connectivity index (χ3v) is 4.09. The summed E-state index contributed by atoms with van der Waals surface area (Å²) in [7, 11) is 2.07. The standard InChI is InChI=1S/C14H20N2O2/c1-16-7-8-18-12(9-16)14(17)11-5-4-10-3-2-6-15-13(10)11/h2-3,6,11-12,14,17H,4-5,7-9H2,1H3. The first kappa shape index (κ1) is 12.1. The lowest BCUT2D eigenvalue weighted by Gasteiger charge is -2.35. The normalized spacial score (nSPS) is 30.1. The van der Waals surface area contributed by atoms with E-state index >= 15 is 0 Å². The van der Waals surface area contributed by atoms with Crippen LogP contribution in [0.1, 0.15) is 23.6 Å². The van der Waals surface area contributed by atoms with Crippen LogP contribution in [0, 0.1) is 0 Å². The zero-order valence-electron chi connectivity index (χ0n) is 10.7. The first-order valence-electron chi connectivity index (χ1n) is 6.67. The first-order chi connectivity index (χ1) is 8.75. The van der Waals surface area contributed by atoms with Gasteiger partial charge >= 0.3 is 0 Å². The smallest absolute Gasteiger partial charge is 0.0967 e. The Balaban J connectivity index is 1.75. The summed E-state index contributed by atoms with van der Waals surface area (Å²) in [5, 5.41) is 10.5. The van der Waals surface area contributed by atoms with Gasteiger partial charge in [-0.05, 0) is 31.5 Å². The van der Waals surface area contributed by atoms with Crippen molar-refractivity contribution in [1.82, 2.24) is 9.88 Å². The van der Waals surface area contributed by atoms with E-state index in [0.29, 0.717) is 6.61 Å². The maximum absolute atomic E-state index is 10.5. The molecule has 1 aliphatic carbocycles. The third-order valence-electron chi connectivity index (χ3n) is 4.09. The number of hydrogen-bond donors (Lipinski definition) is 1. The number of aliphatic hydroxyl groups is 1. The molecule has 0 aromatic carbocycles. The Morgan fingerprint density at radius 1 is 1.56 bits per heavy atom. The van der Waals surface area contributed by atoms with Crippen LogP contribution in [0.15, 0.2) is 18.3 Å².